The Balaban J connectivity index is 2.19. The highest BCUT2D eigenvalue weighted by Gasteiger charge is 2.08. The van der Waals surface area contributed by atoms with Crippen LogP contribution in [0.4, 0.5) is 10.1 Å². The lowest BCUT2D eigenvalue weighted by Gasteiger charge is -2.06. The highest BCUT2D eigenvalue weighted by Crippen LogP contribution is 2.16. The third-order valence-electron chi connectivity index (χ3n) is 2.41. The van der Waals surface area contributed by atoms with E-state index >= 15 is 0 Å². The number of carbonyl (C=O) groups is 1. The van der Waals surface area contributed by atoms with E-state index in [9.17, 15) is 9.18 Å². The van der Waals surface area contributed by atoms with Crippen molar-refractivity contribution in [3.05, 3.63) is 65.5 Å². The van der Waals surface area contributed by atoms with Crippen molar-refractivity contribution < 1.29 is 9.18 Å². The summed E-state index contributed by atoms with van der Waals surface area (Å²) in [6.07, 6.45) is 0. The molecule has 0 saturated carbocycles. The lowest BCUT2D eigenvalue weighted by molar-refractivity contribution is 0.102. The van der Waals surface area contributed by atoms with Crippen LogP contribution in [0, 0.1) is 12.7 Å². The predicted octanol–water partition coefficient (Wildman–Crippen LogP) is 3.39. The van der Waals surface area contributed by atoms with Crippen LogP contribution in [0.1, 0.15) is 15.9 Å². The molecule has 2 rings (SSSR count). The van der Waals surface area contributed by atoms with Crippen molar-refractivity contribution in [2.75, 3.05) is 5.32 Å². The average Bonchev–Trinajstić information content (AvgIpc) is 2.34. The van der Waals surface area contributed by atoms with Crippen LogP contribution in [-0.2, 0) is 0 Å². The number of amides is 1. The van der Waals surface area contributed by atoms with Gasteiger partial charge >= 0.3 is 0 Å². The van der Waals surface area contributed by atoms with Gasteiger partial charge in [0.2, 0.25) is 0 Å². The molecule has 0 unspecified atom stereocenters. The van der Waals surface area contributed by atoms with Gasteiger partial charge in [-0.2, -0.15) is 0 Å². The number of rotatable bonds is 2. The SMILES string of the molecule is Cc1ccc(NC(=O)c2ccccc2)c(F)c1. The van der Waals surface area contributed by atoms with Crippen molar-refractivity contribution in [3.8, 4) is 0 Å². The molecule has 0 bridgehead atoms. The Morgan fingerprint density at radius 1 is 1.12 bits per heavy atom. The number of anilines is 1. The molecule has 86 valence electrons. The van der Waals surface area contributed by atoms with E-state index in [1.807, 2.05) is 6.07 Å². The Hall–Kier alpha value is -2.16. The molecule has 0 fully saturated rings. The van der Waals surface area contributed by atoms with E-state index < -0.39 is 5.82 Å². The molecule has 1 N–H and O–H groups in total. The highest BCUT2D eigenvalue weighted by molar-refractivity contribution is 6.04. The Morgan fingerprint density at radius 3 is 2.47 bits per heavy atom. The Bertz CT molecular complexity index is 537. The summed E-state index contributed by atoms with van der Waals surface area (Å²) in [7, 11) is 0. The van der Waals surface area contributed by atoms with Crippen molar-refractivity contribution in [2.24, 2.45) is 0 Å². The van der Waals surface area contributed by atoms with Gasteiger partial charge in [0.15, 0.2) is 0 Å². The molecule has 0 aromatic heterocycles. The van der Waals surface area contributed by atoms with E-state index in [0.29, 0.717) is 5.56 Å². The Kier molecular flexibility index (Phi) is 3.19. The standard InChI is InChI=1S/C14H12FNO/c1-10-7-8-13(12(15)9-10)16-14(17)11-5-3-2-4-6-11/h2-9H,1H3,(H,16,17). The number of hydrogen-bond acceptors (Lipinski definition) is 1. The quantitative estimate of drug-likeness (QED) is 0.840. The molecule has 2 aromatic rings. The van der Waals surface area contributed by atoms with Gasteiger partial charge in [-0.3, -0.25) is 4.79 Å². The van der Waals surface area contributed by atoms with Crippen LogP contribution >= 0.6 is 0 Å². The first-order chi connectivity index (χ1) is 8.16. The predicted molar refractivity (Wildman–Crippen MR) is 65.5 cm³/mol. The van der Waals surface area contributed by atoms with E-state index in [-0.39, 0.29) is 11.6 Å². The van der Waals surface area contributed by atoms with Gasteiger partial charge in [-0.15, -0.1) is 0 Å². The molecule has 1 amide bonds. The molecular weight excluding hydrogens is 217 g/mol. The third-order valence-corrected chi connectivity index (χ3v) is 2.41. The van der Waals surface area contributed by atoms with Crippen LogP contribution in [0.3, 0.4) is 0 Å². The number of hydrogen-bond donors (Lipinski definition) is 1. The molecule has 17 heavy (non-hydrogen) atoms. The van der Waals surface area contributed by atoms with Gasteiger partial charge in [-0.05, 0) is 36.8 Å². The molecule has 2 aromatic carbocycles. The molecule has 0 aliphatic heterocycles. The third kappa shape index (κ3) is 2.69. The van der Waals surface area contributed by atoms with Crippen LogP contribution < -0.4 is 5.32 Å². The molecule has 0 aliphatic carbocycles. The normalized spacial score (nSPS) is 10.0. The fourth-order valence-corrected chi connectivity index (χ4v) is 1.51. The summed E-state index contributed by atoms with van der Waals surface area (Å²) in [6, 6.07) is 13.4. The summed E-state index contributed by atoms with van der Waals surface area (Å²) in [4.78, 5) is 11.8. The van der Waals surface area contributed by atoms with Crippen LogP contribution in [0.5, 0.6) is 0 Å². The number of benzene rings is 2. The maximum atomic E-state index is 13.5. The van der Waals surface area contributed by atoms with Crippen molar-refractivity contribution in [2.45, 2.75) is 6.92 Å². The van der Waals surface area contributed by atoms with E-state index in [4.69, 9.17) is 0 Å². The molecule has 0 spiro atoms. The molecule has 0 radical (unpaired) electrons. The van der Waals surface area contributed by atoms with Crippen LogP contribution in [0.2, 0.25) is 0 Å². The van der Waals surface area contributed by atoms with Crippen molar-refractivity contribution in [1.29, 1.82) is 0 Å². The van der Waals surface area contributed by atoms with E-state index in [1.165, 1.54) is 6.07 Å². The second-order valence-electron chi connectivity index (χ2n) is 3.80. The van der Waals surface area contributed by atoms with E-state index in [2.05, 4.69) is 5.32 Å². The van der Waals surface area contributed by atoms with Gasteiger partial charge in [0.1, 0.15) is 5.82 Å². The fourth-order valence-electron chi connectivity index (χ4n) is 1.51. The van der Waals surface area contributed by atoms with Crippen molar-refractivity contribution in [1.82, 2.24) is 0 Å². The molecule has 0 heterocycles. The lowest BCUT2D eigenvalue weighted by atomic mass is 10.2. The van der Waals surface area contributed by atoms with Crippen molar-refractivity contribution in [3.63, 3.8) is 0 Å². The smallest absolute Gasteiger partial charge is 0.255 e. The largest absolute Gasteiger partial charge is 0.319 e. The van der Waals surface area contributed by atoms with E-state index in [1.54, 1.807) is 43.3 Å². The van der Waals surface area contributed by atoms with Crippen LogP contribution in [0.25, 0.3) is 0 Å². The number of aryl methyl sites for hydroxylation is 1. The summed E-state index contributed by atoms with van der Waals surface area (Å²) in [5.74, 6) is -0.734. The number of carbonyl (C=O) groups excluding carboxylic acids is 1. The zero-order valence-corrected chi connectivity index (χ0v) is 9.41. The summed E-state index contributed by atoms with van der Waals surface area (Å²) in [6.45, 7) is 1.80. The zero-order valence-electron chi connectivity index (χ0n) is 9.41. The van der Waals surface area contributed by atoms with Crippen LogP contribution in [-0.4, -0.2) is 5.91 Å². The molecular formula is C14H12FNO. The maximum Gasteiger partial charge on any atom is 0.255 e. The summed E-state index contributed by atoms with van der Waals surface area (Å²) >= 11 is 0. The average molecular weight is 229 g/mol. The molecule has 0 atom stereocenters. The van der Waals surface area contributed by atoms with Gasteiger partial charge in [-0.1, -0.05) is 24.3 Å². The highest BCUT2D eigenvalue weighted by atomic mass is 19.1. The molecule has 2 nitrogen and oxygen atoms in total. The fraction of sp³-hybridized carbons (Fsp3) is 0.0714. The minimum Gasteiger partial charge on any atom is -0.319 e. The first-order valence-electron chi connectivity index (χ1n) is 5.29. The minimum absolute atomic E-state index is 0.199. The van der Waals surface area contributed by atoms with Crippen LogP contribution in [0.15, 0.2) is 48.5 Å². The molecule has 0 aliphatic rings. The molecule has 0 saturated heterocycles. The Labute approximate surface area is 99.1 Å². The van der Waals surface area contributed by atoms with Gasteiger partial charge in [0.05, 0.1) is 5.69 Å². The number of nitrogens with one attached hydrogen (secondary N) is 1. The topological polar surface area (TPSA) is 29.1 Å². The monoisotopic (exact) mass is 229 g/mol. The summed E-state index contributed by atoms with van der Waals surface area (Å²) in [5.41, 5.74) is 1.53. The molecule has 3 heteroatoms. The van der Waals surface area contributed by atoms with Gasteiger partial charge < -0.3 is 5.32 Å². The first-order valence-corrected chi connectivity index (χ1v) is 5.29. The lowest BCUT2D eigenvalue weighted by Crippen LogP contribution is -2.12. The second-order valence-corrected chi connectivity index (χ2v) is 3.80. The van der Waals surface area contributed by atoms with Gasteiger partial charge in [0, 0.05) is 5.56 Å². The first kappa shape index (κ1) is 11.3. The van der Waals surface area contributed by atoms with Crippen molar-refractivity contribution >= 4 is 11.6 Å². The summed E-state index contributed by atoms with van der Waals surface area (Å²) < 4.78 is 13.5. The summed E-state index contributed by atoms with van der Waals surface area (Å²) in [5, 5.41) is 2.54. The number of halogens is 1. The van der Waals surface area contributed by atoms with Gasteiger partial charge in [0.25, 0.3) is 5.91 Å². The zero-order chi connectivity index (χ0) is 12.3. The second kappa shape index (κ2) is 4.78. The van der Waals surface area contributed by atoms with E-state index in [0.717, 1.165) is 5.56 Å². The maximum absolute atomic E-state index is 13.5. The van der Waals surface area contributed by atoms with Gasteiger partial charge in [-0.25, -0.2) is 4.39 Å². The minimum atomic E-state index is -0.422. The Morgan fingerprint density at radius 2 is 1.82 bits per heavy atom.